The second-order valence-electron chi connectivity index (χ2n) is 9.99. The number of rotatable bonds is 4. The molecule has 4 aliphatic rings. The molecule has 9 heteroatoms. The molecule has 2 saturated heterocycles. The highest BCUT2D eigenvalue weighted by atomic mass is 16.7. The Hall–Kier alpha value is -1.52. The Labute approximate surface area is 187 Å². The highest BCUT2D eigenvalue weighted by Gasteiger charge is 2.53. The van der Waals surface area contributed by atoms with E-state index < -0.39 is 42.3 Å². The minimum Gasteiger partial charge on any atom is -0.463 e. The number of aliphatic hydroxyl groups excluding tert-OH is 3. The van der Waals surface area contributed by atoms with Gasteiger partial charge in [0.15, 0.2) is 6.29 Å². The molecule has 9 nitrogen and oxygen atoms in total. The lowest BCUT2D eigenvalue weighted by atomic mass is 9.85. The first-order valence-corrected chi connectivity index (χ1v) is 11.5. The number of carbonyl (C=O) groups excluding carboxylic acids is 2. The van der Waals surface area contributed by atoms with Crippen LogP contribution in [0, 0.1) is 23.7 Å². The highest BCUT2D eigenvalue weighted by molar-refractivity contribution is 5.75. The molecule has 0 spiro atoms. The normalized spacial score (nSPS) is 48.3. The number of ether oxygens (including phenoxy) is 4. The van der Waals surface area contributed by atoms with Gasteiger partial charge in [0.05, 0.1) is 11.5 Å². The van der Waals surface area contributed by atoms with Crippen molar-refractivity contribution in [3.8, 4) is 0 Å². The second-order valence-corrected chi connectivity index (χ2v) is 9.99. The van der Waals surface area contributed by atoms with Gasteiger partial charge >= 0.3 is 11.9 Å². The van der Waals surface area contributed by atoms with E-state index >= 15 is 0 Å². The maximum atomic E-state index is 12.2. The van der Waals surface area contributed by atoms with Crippen molar-refractivity contribution in [3.05, 3.63) is 11.6 Å². The molecule has 1 saturated carbocycles. The largest absolute Gasteiger partial charge is 0.463 e. The third kappa shape index (κ3) is 4.09. The van der Waals surface area contributed by atoms with Gasteiger partial charge in [0, 0.05) is 12.8 Å². The summed E-state index contributed by atoms with van der Waals surface area (Å²) in [5.41, 5.74) is 0.286. The van der Waals surface area contributed by atoms with Crippen molar-refractivity contribution in [2.75, 3.05) is 6.61 Å². The van der Waals surface area contributed by atoms with Gasteiger partial charge in [-0.3, -0.25) is 9.59 Å². The molecule has 0 amide bonds. The van der Waals surface area contributed by atoms with Crippen LogP contribution in [0.4, 0.5) is 0 Å². The molecule has 180 valence electrons. The van der Waals surface area contributed by atoms with E-state index in [-0.39, 0.29) is 36.4 Å². The first-order valence-electron chi connectivity index (χ1n) is 11.5. The molecule has 0 aromatic heterocycles. The molecule has 2 aliphatic heterocycles. The van der Waals surface area contributed by atoms with Gasteiger partial charge in [0.25, 0.3) is 0 Å². The first kappa shape index (κ1) is 23.6. The summed E-state index contributed by atoms with van der Waals surface area (Å²) in [6, 6.07) is 0. The molecule has 0 aromatic carbocycles. The molecule has 3 fully saturated rings. The summed E-state index contributed by atoms with van der Waals surface area (Å²) in [6.07, 6.45) is -2.31. The van der Waals surface area contributed by atoms with Crippen molar-refractivity contribution >= 4 is 11.9 Å². The van der Waals surface area contributed by atoms with Crippen LogP contribution in [0.5, 0.6) is 0 Å². The second kappa shape index (κ2) is 8.68. The Kier molecular flexibility index (Phi) is 6.41. The van der Waals surface area contributed by atoms with E-state index in [9.17, 15) is 24.9 Å². The van der Waals surface area contributed by atoms with Crippen molar-refractivity contribution < 1.29 is 43.9 Å². The third-order valence-electron chi connectivity index (χ3n) is 7.75. The van der Waals surface area contributed by atoms with E-state index in [2.05, 4.69) is 13.0 Å². The lowest BCUT2D eigenvalue weighted by Crippen LogP contribution is -2.60. The Balaban J connectivity index is 1.57. The topological polar surface area (TPSA) is 132 Å². The minimum atomic E-state index is -1.51. The Morgan fingerprint density at radius 2 is 1.94 bits per heavy atom. The van der Waals surface area contributed by atoms with Crippen molar-refractivity contribution in [2.45, 2.75) is 89.4 Å². The summed E-state index contributed by atoms with van der Waals surface area (Å²) in [7, 11) is 0. The fourth-order valence-corrected chi connectivity index (χ4v) is 5.76. The summed E-state index contributed by atoms with van der Waals surface area (Å²) in [5, 5.41) is 31.1. The number of aliphatic hydroxyl groups is 3. The Bertz CT molecular complexity index is 781. The van der Waals surface area contributed by atoms with Crippen LogP contribution in [0.2, 0.25) is 0 Å². The van der Waals surface area contributed by atoms with Gasteiger partial charge in [0.1, 0.15) is 37.1 Å². The molecular weight excluding hydrogens is 420 g/mol. The van der Waals surface area contributed by atoms with Gasteiger partial charge in [-0.05, 0) is 43.6 Å². The molecule has 2 heterocycles. The summed E-state index contributed by atoms with van der Waals surface area (Å²) in [4.78, 5) is 23.3. The van der Waals surface area contributed by atoms with E-state index in [1.165, 1.54) is 6.92 Å². The minimum absolute atomic E-state index is 0.0349. The van der Waals surface area contributed by atoms with Crippen LogP contribution in [0.15, 0.2) is 11.6 Å². The third-order valence-corrected chi connectivity index (χ3v) is 7.75. The zero-order valence-electron chi connectivity index (χ0n) is 19.0. The summed E-state index contributed by atoms with van der Waals surface area (Å²) >= 11 is 0. The van der Waals surface area contributed by atoms with Crippen LogP contribution in [0.1, 0.15) is 47.0 Å². The molecular formula is C23H34O9. The fraction of sp³-hybridized carbons (Fsp3) is 0.826. The lowest BCUT2D eigenvalue weighted by molar-refractivity contribution is -0.320. The summed E-state index contributed by atoms with van der Waals surface area (Å²) in [6.45, 7) is 6.94. The molecule has 0 radical (unpaired) electrons. The molecule has 3 N–H and O–H groups in total. The van der Waals surface area contributed by atoms with Crippen LogP contribution >= 0.6 is 0 Å². The number of fused-ring (bicyclic) bond motifs is 2. The molecule has 0 bridgehead atoms. The van der Waals surface area contributed by atoms with Crippen LogP contribution in [-0.4, -0.2) is 76.3 Å². The summed E-state index contributed by atoms with van der Waals surface area (Å²) < 4.78 is 22.6. The average Bonchev–Trinajstić information content (AvgIpc) is 3.13. The van der Waals surface area contributed by atoms with Gasteiger partial charge < -0.3 is 34.3 Å². The molecule has 11 atom stereocenters. The van der Waals surface area contributed by atoms with E-state index in [0.717, 1.165) is 18.4 Å². The lowest BCUT2D eigenvalue weighted by Gasteiger charge is -2.43. The smallest absolute Gasteiger partial charge is 0.309 e. The van der Waals surface area contributed by atoms with Gasteiger partial charge in [-0.2, -0.15) is 0 Å². The Morgan fingerprint density at radius 3 is 2.62 bits per heavy atom. The number of esters is 2. The van der Waals surface area contributed by atoms with Gasteiger partial charge in [0.2, 0.25) is 0 Å². The van der Waals surface area contributed by atoms with Crippen molar-refractivity contribution in [1.82, 2.24) is 0 Å². The van der Waals surface area contributed by atoms with Crippen molar-refractivity contribution in [1.29, 1.82) is 0 Å². The SMILES string of the molecule is CC(=O)OC[C@H]1O[C@@H](O[C@]2(C)CC[C@@H]3C2=C[C@@H]2[C@H](C)C(=O)O[C@@H]2C[C@H]3C)[C@H](O)[C@@H](O)[C@@H]1O. The van der Waals surface area contributed by atoms with Crippen LogP contribution in [0.25, 0.3) is 0 Å². The van der Waals surface area contributed by atoms with Crippen LogP contribution in [-0.2, 0) is 28.5 Å². The molecule has 2 aliphatic carbocycles. The van der Waals surface area contributed by atoms with E-state index in [0.29, 0.717) is 12.3 Å². The van der Waals surface area contributed by atoms with E-state index in [1.54, 1.807) is 0 Å². The predicted octanol–water partition coefficient (Wildman–Crippen LogP) is 0.686. The zero-order valence-corrected chi connectivity index (χ0v) is 19.0. The summed E-state index contributed by atoms with van der Waals surface area (Å²) in [5.74, 6) is -0.443. The van der Waals surface area contributed by atoms with E-state index in [1.807, 2.05) is 13.8 Å². The van der Waals surface area contributed by atoms with Gasteiger partial charge in [-0.25, -0.2) is 0 Å². The molecule has 0 unspecified atom stereocenters. The highest BCUT2D eigenvalue weighted by Crippen LogP contribution is 2.52. The average molecular weight is 455 g/mol. The number of hydrogen-bond donors (Lipinski definition) is 3. The fourth-order valence-electron chi connectivity index (χ4n) is 5.76. The molecule has 4 rings (SSSR count). The maximum Gasteiger partial charge on any atom is 0.309 e. The monoisotopic (exact) mass is 454 g/mol. The Morgan fingerprint density at radius 1 is 1.22 bits per heavy atom. The zero-order chi connectivity index (χ0) is 23.4. The van der Waals surface area contributed by atoms with Crippen molar-refractivity contribution in [3.63, 3.8) is 0 Å². The van der Waals surface area contributed by atoms with Crippen LogP contribution < -0.4 is 0 Å². The number of hydrogen-bond acceptors (Lipinski definition) is 9. The first-order chi connectivity index (χ1) is 15.0. The van der Waals surface area contributed by atoms with E-state index in [4.69, 9.17) is 18.9 Å². The van der Waals surface area contributed by atoms with Crippen LogP contribution in [0.3, 0.4) is 0 Å². The van der Waals surface area contributed by atoms with Crippen molar-refractivity contribution in [2.24, 2.45) is 23.7 Å². The standard InChI is InChI=1S/C23H34O9/c1-10-7-16-14(11(2)21(28)30-16)8-15-13(10)5-6-23(15,4)32-22-20(27)19(26)18(25)17(31-22)9-29-12(3)24/h8,10-11,13-14,16-20,22,25-27H,5-7,9H2,1-4H3/t10-,11+,13+,14-,16-,17-,18-,19+,20-,22+,23-/m1/s1. The van der Waals surface area contributed by atoms with Gasteiger partial charge in [-0.15, -0.1) is 0 Å². The van der Waals surface area contributed by atoms with Gasteiger partial charge in [-0.1, -0.05) is 19.9 Å². The molecule has 0 aromatic rings. The predicted molar refractivity (Wildman–Crippen MR) is 110 cm³/mol. The number of carbonyl (C=O) groups is 2. The maximum absolute atomic E-state index is 12.2. The molecule has 32 heavy (non-hydrogen) atoms. The quantitative estimate of drug-likeness (QED) is 0.414.